The van der Waals surface area contributed by atoms with Crippen LogP contribution in [0.25, 0.3) is 0 Å². The Morgan fingerprint density at radius 2 is 1.94 bits per heavy atom. The van der Waals surface area contributed by atoms with Gasteiger partial charge in [0.2, 0.25) is 10.0 Å². The van der Waals surface area contributed by atoms with Gasteiger partial charge in [0.15, 0.2) is 0 Å². The first-order valence-electron chi connectivity index (χ1n) is 5.48. The summed E-state index contributed by atoms with van der Waals surface area (Å²) >= 11 is 5.73. The maximum Gasteiger partial charge on any atom is 0.244 e. The second-order valence-corrected chi connectivity index (χ2v) is 6.44. The van der Waals surface area contributed by atoms with E-state index in [1.807, 2.05) is 0 Å². The molecule has 18 heavy (non-hydrogen) atoms. The third kappa shape index (κ3) is 2.55. The molecule has 1 saturated heterocycles. The zero-order valence-electron chi connectivity index (χ0n) is 9.78. The summed E-state index contributed by atoms with van der Waals surface area (Å²) in [5, 5.41) is 10.2. The number of halogens is 1. The highest BCUT2D eigenvalue weighted by Gasteiger charge is 2.37. The monoisotopic (exact) mass is 289 g/mol. The van der Waals surface area contributed by atoms with Gasteiger partial charge in [0.25, 0.3) is 0 Å². The molecule has 1 heterocycles. The number of aliphatic hydroxyl groups excluding tert-OH is 1. The van der Waals surface area contributed by atoms with Crippen molar-refractivity contribution in [3.05, 3.63) is 29.3 Å². The van der Waals surface area contributed by atoms with Crippen LogP contribution in [0.15, 0.2) is 29.2 Å². The molecule has 98 valence electrons. The van der Waals surface area contributed by atoms with Gasteiger partial charge in [-0.2, -0.15) is 4.31 Å². The largest absolute Gasteiger partial charge is 0.376 e. The fourth-order valence-electron chi connectivity index (χ4n) is 1.91. The van der Waals surface area contributed by atoms with E-state index in [1.54, 1.807) is 7.85 Å². The lowest BCUT2D eigenvalue weighted by molar-refractivity contribution is -0.0765. The quantitative estimate of drug-likeness (QED) is 0.755. The molecule has 0 bridgehead atoms. The molecule has 1 aliphatic heterocycles. The summed E-state index contributed by atoms with van der Waals surface area (Å²) in [4.78, 5) is 0.111. The third-order valence-electron chi connectivity index (χ3n) is 2.74. The molecule has 0 radical (unpaired) electrons. The molecule has 1 unspecified atom stereocenters. The van der Waals surface area contributed by atoms with E-state index in [0.29, 0.717) is 5.02 Å². The predicted octanol–water partition coefficient (Wildman–Crippen LogP) is -0.361. The van der Waals surface area contributed by atoms with Crippen LogP contribution < -0.4 is 0 Å². The van der Waals surface area contributed by atoms with Crippen LogP contribution in [0, 0.1) is 0 Å². The van der Waals surface area contributed by atoms with Crippen LogP contribution in [0.4, 0.5) is 0 Å². The highest BCUT2D eigenvalue weighted by Crippen LogP contribution is 2.23. The van der Waals surface area contributed by atoms with Gasteiger partial charge in [0.05, 0.1) is 18.1 Å². The van der Waals surface area contributed by atoms with Crippen LogP contribution in [0.1, 0.15) is 0 Å². The Hall–Kier alpha value is -0.595. The smallest absolute Gasteiger partial charge is 0.244 e. The summed E-state index contributed by atoms with van der Waals surface area (Å²) < 4.78 is 30.9. The number of hydrogen-bond donors (Lipinski definition) is 1. The molecule has 2 rings (SSSR count). The summed E-state index contributed by atoms with van der Waals surface area (Å²) in [6, 6.07) is 5.86. The van der Waals surface area contributed by atoms with Gasteiger partial charge in [-0.15, -0.1) is 0 Å². The maximum absolute atomic E-state index is 12.4. The molecule has 2 atom stereocenters. The van der Waals surface area contributed by atoms with E-state index >= 15 is 0 Å². The number of ether oxygens (including phenoxy) is 1. The molecule has 1 aromatic rings. The first kappa shape index (κ1) is 13.8. The SMILES string of the molecule is BC1COC[C@@H](O)N1S(=O)(=O)c1ccc(Cl)cc1. The highest BCUT2D eigenvalue weighted by molar-refractivity contribution is 7.89. The van der Waals surface area contributed by atoms with Crippen molar-refractivity contribution in [1.29, 1.82) is 0 Å². The molecule has 1 aromatic carbocycles. The van der Waals surface area contributed by atoms with Crippen LogP contribution in [0.3, 0.4) is 0 Å². The summed E-state index contributed by atoms with van der Waals surface area (Å²) in [5.74, 6) is -0.408. The number of sulfonamides is 1. The van der Waals surface area contributed by atoms with Crippen molar-refractivity contribution in [3.8, 4) is 0 Å². The van der Waals surface area contributed by atoms with E-state index in [0.717, 1.165) is 4.31 Å². The summed E-state index contributed by atoms with van der Waals surface area (Å²) in [6.07, 6.45) is -1.16. The number of rotatable bonds is 2. The van der Waals surface area contributed by atoms with Crippen molar-refractivity contribution in [2.24, 2.45) is 0 Å². The Bertz CT molecular complexity index is 511. The van der Waals surface area contributed by atoms with E-state index in [1.165, 1.54) is 24.3 Å². The number of benzene rings is 1. The van der Waals surface area contributed by atoms with Gasteiger partial charge >= 0.3 is 0 Å². The molecule has 0 saturated carbocycles. The van der Waals surface area contributed by atoms with E-state index in [4.69, 9.17) is 16.3 Å². The van der Waals surface area contributed by atoms with Crippen molar-refractivity contribution in [2.75, 3.05) is 13.2 Å². The lowest BCUT2D eigenvalue weighted by Gasteiger charge is -2.36. The Balaban J connectivity index is 2.38. The molecule has 1 fully saturated rings. The van der Waals surface area contributed by atoms with Gasteiger partial charge in [-0.25, -0.2) is 8.42 Å². The third-order valence-corrected chi connectivity index (χ3v) is 5.02. The number of hydrogen-bond acceptors (Lipinski definition) is 4. The number of morpholine rings is 1. The molecule has 0 aromatic heterocycles. The van der Waals surface area contributed by atoms with Gasteiger partial charge in [-0.05, 0) is 24.3 Å². The Morgan fingerprint density at radius 1 is 1.33 bits per heavy atom. The maximum atomic E-state index is 12.4. The minimum absolute atomic E-state index is 0.0167. The van der Waals surface area contributed by atoms with Crippen molar-refractivity contribution >= 4 is 29.5 Å². The van der Waals surface area contributed by atoms with E-state index in [9.17, 15) is 13.5 Å². The van der Waals surface area contributed by atoms with Crippen LogP contribution >= 0.6 is 11.6 Å². The molecule has 8 heteroatoms. The molecule has 5 nitrogen and oxygen atoms in total. The first-order valence-corrected chi connectivity index (χ1v) is 7.29. The predicted molar refractivity (Wildman–Crippen MR) is 69.6 cm³/mol. The van der Waals surface area contributed by atoms with Gasteiger partial charge in [0.1, 0.15) is 14.1 Å². The minimum atomic E-state index is -3.73. The lowest BCUT2D eigenvalue weighted by atomic mass is 9.97. The molecule has 0 aliphatic carbocycles. The summed E-state index contributed by atoms with van der Waals surface area (Å²) in [7, 11) is -2.04. The molecule has 1 N–H and O–H groups in total. The van der Waals surface area contributed by atoms with E-state index in [2.05, 4.69) is 0 Å². The van der Waals surface area contributed by atoms with Crippen molar-refractivity contribution in [2.45, 2.75) is 17.1 Å². The lowest BCUT2D eigenvalue weighted by Crippen LogP contribution is -2.55. The molecular formula is C10H13BClNO4S. The van der Waals surface area contributed by atoms with Crippen LogP contribution in [-0.2, 0) is 14.8 Å². The van der Waals surface area contributed by atoms with Crippen LogP contribution in [0.5, 0.6) is 0 Å². The fourth-order valence-corrected chi connectivity index (χ4v) is 3.68. The van der Waals surface area contributed by atoms with Crippen molar-refractivity contribution in [3.63, 3.8) is 0 Å². The average Bonchev–Trinajstić information content (AvgIpc) is 2.29. The van der Waals surface area contributed by atoms with E-state index in [-0.39, 0.29) is 18.1 Å². The van der Waals surface area contributed by atoms with Crippen LogP contribution in [0.2, 0.25) is 5.02 Å². The van der Waals surface area contributed by atoms with E-state index < -0.39 is 22.2 Å². The normalized spacial score (nSPS) is 26.1. The Kier molecular flexibility index (Phi) is 3.98. The van der Waals surface area contributed by atoms with Gasteiger partial charge < -0.3 is 9.84 Å². The Morgan fingerprint density at radius 3 is 2.50 bits per heavy atom. The van der Waals surface area contributed by atoms with Crippen LogP contribution in [-0.4, -0.2) is 51.1 Å². The molecular weight excluding hydrogens is 276 g/mol. The zero-order chi connectivity index (χ0) is 13.3. The summed E-state index contributed by atoms with van der Waals surface area (Å²) in [5.41, 5.74) is 0. The van der Waals surface area contributed by atoms with Crippen molar-refractivity contribution in [1.82, 2.24) is 4.31 Å². The van der Waals surface area contributed by atoms with Gasteiger partial charge in [0, 0.05) is 11.0 Å². The average molecular weight is 290 g/mol. The fraction of sp³-hybridized carbons (Fsp3) is 0.400. The minimum Gasteiger partial charge on any atom is -0.376 e. The zero-order valence-corrected chi connectivity index (χ0v) is 11.4. The molecule has 1 aliphatic rings. The number of aliphatic hydroxyl groups is 1. The first-order chi connectivity index (χ1) is 8.43. The second-order valence-electron chi connectivity index (χ2n) is 4.16. The summed E-state index contributed by atoms with van der Waals surface area (Å²) in [6.45, 7) is 0.251. The Labute approximate surface area is 112 Å². The van der Waals surface area contributed by atoms with Gasteiger partial charge in [-0.3, -0.25) is 0 Å². The standard InChI is InChI=1S/C10H13BClNO4S/c11-9-5-17-6-10(14)13(9)18(15,16)8-3-1-7(12)2-4-8/h1-4,9-10,14H,5-6,11H2/t9?,10-/m1/s1. The molecule has 0 spiro atoms. The van der Waals surface area contributed by atoms with Crippen molar-refractivity contribution < 1.29 is 18.3 Å². The topological polar surface area (TPSA) is 66.8 Å². The second kappa shape index (κ2) is 5.18. The van der Waals surface area contributed by atoms with Gasteiger partial charge in [-0.1, -0.05) is 11.6 Å². The molecule has 0 amide bonds. The number of nitrogens with zero attached hydrogens (tertiary/aromatic N) is 1. The highest BCUT2D eigenvalue weighted by atomic mass is 35.5.